The molecule has 0 radical (unpaired) electrons. The van der Waals surface area contributed by atoms with Crippen molar-refractivity contribution >= 4 is 11.5 Å². The van der Waals surface area contributed by atoms with E-state index in [4.69, 9.17) is 17.4 Å². The van der Waals surface area contributed by atoms with Crippen molar-refractivity contribution < 1.29 is 5.21 Å². The highest BCUT2D eigenvalue weighted by atomic mass is 16.4. The minimum absolute atomic E-state index is 0.266. The molecule has 0 aliphatic rings. The number of terminal acetylenes is 1. The van der Waals surface area contributed by atoms with Gasteiger partial charge in [-0.05, 0) is 31.0 Å². The predicted octanol–water partition coefficient (Wildman–Crippen LogP) is 2.63. The molecule has 1 aromatic rings. The minimum Gasteiger partial charge on any atom is -0.409 e. The van der Waals surface area contributed by atoms with E-state index < -0.39 is 0 Å². The van der Waals surface area contributed by atoms with Gasteiger partial charge in [0, 0.05) is 23.2 Å². The maximum atomic E-state index is 8.69. The lowest BCUT2D eigenvalue weighted by atomic mass is 9.86. The fourth-order valence-electron chi connectivity index (χ4n) is 1.75. The number of anilines is 1. The number of hydrogen-bond donors (Lipinski definition) is 3. The van der Waals surface area contributed by atoms with E-state index in [1.54, 1.807) is 0 Å². The molecule has 0 aromatic heterocycles. The van der Waals surface area contributed by atoms with Crippen molar-refractivity contribution in [2.75, 3.05) is 11.9 Å². The second-order valence-corrected chi connectivity index (χ2v) is 5.12. The molecule has 0 unspecified atom stereocenters. The zero-order valence-electron chi connectivity index (χ0n) is 11.5. The molecule has 0 saturated heterocycles. The molecule has 0 spiro atoms. The van der Waals surface area contributed by atoms with E-state index in [1.807, 2.05) is 38.1 Å². The first-order valence-electron chi connectivity index (χ1n) is 6.28. The van der Waals surface area contributed by atoms with Gasteiger partial charge in [-0.2, -0.15) is 0 Å². The van der Waals surface area contributed by atoms with Gasteiger partial charge in [-0.1, -0.05) is 31.0 Å². The maximum Gasteiger partial charge on any atom is 0.144 e. The molecule has 4 heteroatoms. The third-order valence-corrected chi connectivity index (χ3v) is 3.14. The van der Waals surface area contributed by atoms with Crippen LogP contribution in [0.2, 0.25) is 0 Å². The normalized spacial score (nSPS) is 11.9. The van der Waals surface area contributed by atoms with Crippen molar-refractivity contribution in [2.45, 2.75) is 26.7 Å². The molecule has 1 rings (SSSR count). The van der Waals surface area contributed by atoms with Crippen LogP contribution in [-0.4, -0.2) is 17.6 Å². The Bertz CT molecular complexity index is 486. The van der Waals surface area contributed by atoms with E-state index in [2.05, 4.69) is 16.4 Å². The van der Waals surface area contributed by atoms with Crippen molar-refractivity contribution in [3.05, 3.63) is 29.8 Å². The lowest BCUT2D eigenvalue weighted by molar-refractivity contribution is 0.305. The summed E-state index contributed by atoms with van der Waals surface area (Å²) in [6, 6.07) is 7.74. The minimum atomic E-state index is -0.295. The van der Waals surface area contributed by atoms with Gasteiger partial charge in [0.05, 0.1) is 0 Å². The highest BCUT2D eigenvalue weighted by Crippen LogP contribution is 2.22. The summed E-state index contributed by atoms with van der Waals surface area (Å²) in [5.41, 5.74) is 7.22. The van der Waals surface area contributed by atoms with Gasteiger partial charge in [0.15, 0.2) is 0 Å². The van der Waals surface area contributed by atoms with E-state index >= 15 is 0 Å². The smallest absolute Gasteiger partial charge is 0.144 e. The van der Waals surface area contributed by atoms with Crippen LogP contribution in [0.4, 0.5) is 5.69 Å². The van der Waals surface area contributed by atoms with Crippen molar-refractivity contribution in [3.8, 4) is 12.3 Å². The average molecular weight is 259 g/mol. The van der Waals surface area contributed by atoms with Crippen LogP contribution >= 0.6 is 0 Å². The SMILES string of the molecule is C#Cc1cccc(NCCCC(C)(C)C(N)=NO)c1. The van der Waals surface area contributed by atoms with Crippen molar-refractivity contribution in [1.29, 1.82) is 0 Å². The van der Waals surface area contributed by atoms with Crippen LogP contribution in [0.15, 0.2) is 29.4 Å². The number of oxime groups is 1. The number of nitrogens with two attached hydrogens (primary N) is 1. The quantitative estimate of drug-likeness (QED) is 0.184. The lowest BCUT2D eigenvalue weighted by Crippen LogP contribution is -2.32. The topological polar surface area (TPSA) is 70.6 Å². The first kappa shape index (κ1) is 14.9. The molecule has 0 aliphatic carbocycles. The molecular formula is C15H21N3O. The largest absolute Gasteiger partial charge is 0.409 e. The summed E-state index contributed by atoms with van der Waals surface area (Å²) < 4.78 is 0. The number of hydrogen-bond acceptors (Lipinski definition) is 3. The maximum absolute atomic E-state index is 8.69. The summed E-state index contributed by atoms with van der Waals surface area (Å²) in [5, 5.41) is 15.1. The zero-order valence-corrected chi connectivity index (χ0v) is 11.5. The average Bonchev–Trinajstić information content (AvgIpc) is 2.43. The molecule has 0 fully saturated rings. The number of benzene rings is 1. The van der Waals surface area contributed by atoms with Crippen LogP contribution in [0.3, 0.4) is 0 Å². The zero-order chi connectivity index (χ0) is 14.3. The van der Waals surface area contributed by atoms with Gasteiger partial charge >= 0.3 is 0 Å². The molecule has 0 atom stereocenters. The Morgan fingerprint density at radius 3 is 2.89 bits per heavy atom. The number of amidine groups is 1. The lowest BCUT2D eigenvalue weighted by Gasteiger charge is -2.22. The summed E-state index contributed by atoms with van der Waals surface area (Å²) in [7, 11) is 0. The number of nitrogens with one attached hydrogen (secondary N) is 1. The molecule has 0 heterocycles. The monoisotopic (exact) mass is 259 g/mol. The summed E-state index contributed by atoms with van der Waals surface area (Å²) in [5.74, 6) is 2.87. The molecule has 4 N–H and O–H groups in total. The number of nitrogens with zero attached hydrogens (tertiary/aromatic N) is 1. The Morgan fingerprint density at radius 2 is 2.26 bits per heavy atom. The second kappa shape index (κ2) is 6.69. The van der Waals surface area contributed by atoms with Crippen molar-refractivity contribution in [3.63, 3.8) is 0 Å². The van der Waals surface area contributed by atoms with E-state index in [1.165, 1.54) is 0 Å². The van der Waals surface area contributed by atoms with Gasteiger partial charge in [0.1, 0.15) is 5.84 Å². The summed E-state index contributed by atoms with van der Waals surface area (Å²) in [6.07, 6.45) is 7.11. The number of rotatable bonds is 6. The van der Waals surface area contributed by atoms with E-state index in [0.29, 0.717) is 0 Å². The Morgan fingerprint density at radius 1 is 1.53 bits per heavy atom. The third-order valence-electron chi connectivity index (χ3n) is 3.14. The predicted molar refractivity (Wildman–Crippen MR) is 79.3 cm³/mol. The first-order valence-corrected chi connectivity index (χ1v) is 6.28. The van der Waals surface area contributed by atoms with E-state index in [-0.39, 0.29) is 11.3 Å². The standard InChI is InChI=1S/C15H21N3O/c1-4-12-7-5-8-13(11-12)17-10-6-9-15(2,3)14(16)18-19/h1,5,7-8,11,17,19H,6,9-10H2,2-3H3,(H2,16,18). The molecule has 0 bridgehead atoms. The van der Waals surface area contributed by atoms with Gasteiger partial charge in [-0.25, -0.2) is 0 Å². The van der Waals surface area contributed by atoms with Crippen LogP contribution in [-0.2, 0) is 0 Å². The van der Waals surface area contributed by atoms with Gasteiger partial charge < -0.3 is 16.3 Å². The summed E-state index contributed by atoms with van der Waals surface area (Å²) in [4.78, 5) is 0. The fourth-order valence-corrected chi connectivity index (χ4v) is 1.75. The molecule has 0 amide bonds. The Hall–Kier alpha value is -2.15. The Balaban J connectivity index is 2.41. The first-order chi connectivity index (χ1) is 8.99. The highest BCUT2D eigenvalue weighted by Gasteiger charge is 2.22. The van der Waals surface area contributed by atoms with Crippen molar-refractivity contribution in [1.82, 2.24) is 0 Å². The van der Waals surface area contributed by atoms with Gasteiger partial charge in [0.25, 0.3) is 0 Å². The van der Waals surface area contributed by atoms with Crippen LogP contribution in [0, 0.1) is 17.8 Å². The fraction of sp³-hybridized carbons (Fsp3) is 0.400. The van der Waals surface area contributed by atoms with Crippen LogP contribution in [0.5, 0.6) is 0 Å². The van der Waals surface area contributed by atoms with Crippen LogP contribution in [0.25, 0.3) is 0 Å². The third kappa shape index (κ3) is 4.55. The Kier molecular flexibility index (Phi) is 5.25. The van der Waals surface area contributed by atoms with Crippen LogP contribution in [0.1, 0.15) is 32.3 Å². The molecular weight excluding hydrogens is 238 g/mol. The summed E-state index contributed by atoms with van der Waals surface area (Å²) in [6.45, 7) is 4.73. The van der Waals surface area contributed by atoms with E-state index in [9.17, 15) is 0 Å². The van der Waals surface area contributed by atoms with Gasteiger partial charge in [-0.3, -0.25) is 0 Å². The van der Waals surface area contributed by atoms with Crippen molar-refractivity contribution in [2.24, 2.45) is 16.3 Å². The molecule has 0 saturated carbocycles. The molecule has 102 valence electrons. The highest BCUT2D eigenvalue weighted by molar-refractivity contribution is 5.85. The van der Waals surface area contributed by atoms with Gasteiger partial charge in [-0.15, -0.1) is 6.42 Å². The van der Waals surface area contributed by atoms with E-state index in [0.717, 1.165) is 30.6 Å². The molecule has 19 heavy (non-hydrogen) atoms. The Labute approximate surface area is 114 Å². The van der Waals surface area contributed by atoms with Gasteiger partial charge in [0.2, 0.25) is 0 Å². The molecule has 0 aliphatic heterocycles. The second-order valence-electron chi connectivity index (χ2n) is 5.12. The van der Waals surface area contributed by atoms with Crippen LogP contribution < -0.4 is 11.1 Å². The molecule has 1 aromatic carbocycles. The summed E-state index contributed by atoms with van der Waals surface area (Å²) >= 11 is 0. The molecule has 4 nitrogen and oxygen atoms in total.